The average molecular weight is 312 g/mol. The van der Waals surface area contributed by atoms with E-state index in [0.717, 1.165) is 36.9 Å². The monoisotopic (exact) mass is 312 g/mol. The summed E-state index contributed by atoms with van der Waals surface area (Å²) in [4.78, 5) is 29.8. The third-order valence-electron chi connectivity index (χ3n) is 4.80. The molecule has 2 aromatic rings. The number of pyridine rings is 1. The van der Waals surface area contributed by atoms with E-state index in [-0.39, 0.29) is 23.1 Å². The number of carbonyl (C=O) groups is 1. The average Bonchev–Trinajstić information content (AvgIpc) is 3.11. The van der Waals surface area contributed by atoms with E-state index in [1.54, 1.807) is 21.8 Å². The number of rotatable bonds is 3. The highest BCUT2D eigenvalue weighted by molar-refractivity contribution is 5.94. The Balaban J connectivity index is 1.61. The lowest BCUT2D eigenvalue weighted by Gasteiger charge is -2.23. The number of hydrogen-bond donors (Lipinski definition) is 1. The molecule has 1 unspecified atom stereocenters. The van der Waals surface area contributed by atoms with E-state index in [4.69, 9.17) is 0 Å². The Labute approximate surface area is 134 Å². The van der Waals surface area contributed by atoms with Gasteiger partial charge in [-0.25, -0.2) is 0 Å². The van der Waals surface area contributed by atoms with Crippen molar-refractivity contribution in [3.63, 3.8) is 0 Å². The maximum atomic E-state index is 12.8. The predicted octanol–water partition coefficient (Wildman–Crippen LogP) is 1.96. The molecule has 6 heteroatoms. The van der Waals surface area contributed by atoms with E-state index in [2.05, 4.69) is 10.1 Å². The molecule has 2 aliphatic rings. The summed E-state index contributed by atoms with van der Waals surface area (Å²) in [5, 5.41) is 4.19. The number of H-pyrrole nitrogens is 1. The molecule has 1 saturated heterocycles. The van der Waals surface area contributed by atoms with Gasteiger partial charge in [-0.2, -0.15) is 5.10 Å². The topological polar surface area (TPSA) is 71.0 Å². The molecule has 1 saturated carbocycles. The molecule has 0 spiro atoms. The smallest absolute Gasteiger partial charge is 0.261 e. The first-order valence-corrected chi connectivity index (χ1v) is 8.16. The Kier molecular flexibility index (Phi) is 3.32. The van der Waals surface area contributed by atoms with E-state index in [9.17, 15) is 9.59 Å². The summed E-state index contributed by atoms with van der Waals surface area (Å²) in [7, 11) is 1.87. The summed E-state index contributed by atoms with van der Waals surface area (Å²) in [6, 6.07) is 3.59. The largest absolute Gasteiger partial charge is 0.331 e. The Hall–Kier alpha value is -2.37. The van der Waals surface area contributed by atoms with Crippen molar-refractivity contribution in [2.24, 2.45) is 7.05 Å². The molecule has 2 aromatic heterocycles. The van der Waals surface area contributed by atoms with Crippen molar-refractivity contribution < 1.29 is 4.79 Å². The Morgan fingerprint density at radius 2 is 2.13 bits per heavy atom. The highest BCUT2D eigenvalue weighted by Gasteiger charge is 2.33. The van der Waals surface area contributed by atoms with Crippen LogP contribution >= 0.6 is 0 Å². The zero-order valence-corrected chi connectivity index (χ0v) is 13.2. The standard InChI is InChI=1S/C17H20N4O2/c1-20-10-12(9-18-20)15-3-2-8-21(15)17(23)13-6-7-14(11-4-5-11)19-16(13)22/h6-7,9-11,15H,2-5,8H2,1H3,(H,19,22). The van der Waals surface area contributed by atoms with E-state index < -0.39 is 0 Å². The Morgan fingerprint density at radius 1 is 1.30 bits per heavy atom. The van der Waals surface area contributed by atoms with E-state index in [1.165, 1.54) is 0 Å². The maximum absolute atomic E-state index is 12.8. The molecule has 1 aliphatic heterocycles. The molecule has 2 fully saturated rings. The molecule has 1 N–H and O–H groups in total. The number of nitrogens with one attached hydrogen (secondary N) is 1. The summed E-state index contributed by atoms with van der Waals surface area (Å²) in [6.07, 6.45) is 7.85. The zero-order chi connectivity index (χ0) is 16.0. The quantitative estimate of drug-likeness (QED) is 0.942. The first-order chi connectivity index (χ1) is 11.1. The minimum Gasteiger partial charge on any atom is -0.331 e. The molecule has 4 rings (SSSR count). The molecule has 0 bridgehead atoms. The molecule has 120 valence electrons. The molecule has 0 radical (unpaired) electrons. The summed E-state index contributed by atoms with van der Waals surface area (Å²) in [6.45, 7) is 0.683. The van der Waals surface area contributed by atoms with Gasteiger partial charge in [0.1, 0.15) is 5.56 Å². The number of aryl methyl sites for hydroxylation is 1. The van der Waals surface area contributed by atoms with E-state index in [0.29, 0.717) is 12.5 Å². The highest BCUT2D eigenvalue weighted by atomic mass is 16.2. The number of aromatic amines is 1. The van der Waals surface area contributed by atoms with Gasteiger partial charge in [-0.05, 0) is 43.7 Å². The summed E-state index contributed by atoms with van der Waals surface area (Å²) >= 11 is 0. The fourth-order valence-electron chi connectivity index (χ4n) is 3.41. The SMILES string of the molecule is Cn1cc(C2CCCN2C(=O)c2ccc(C3CC3)[nH]c2=O)cn1. The summed E-state index contributed by atoms with van der Waals surface area (Å²) in [5.41, 5.74) is 1.96. The van der Waals surface area contributed by atoms with Crippen LogP contribution in [-0.2, 0) is 7.05 Å². The second-order valence-corrected chi connectivity index (χ2v) is 6.53. The van der Waals surface area contributed by atoms with Gasteiger partial charge < -0.3 is 9.88 Å². The maximum Gasteiger partial charge on any atom is 0.261 e. The van der Waals surface area contributed by atoms with E-state index in [1.807, 2.05) is 19.3 Å². The van der Waals surface area contributed by atoms with Crippen molar-refractivity contribution in [1.82, 2.24) is 19.7 Å². The van der Waals surface area contributed by atoms with Gasteiger partial charge in [0.2, 0.25) is 0 Å². The van der Waals surface area contributed by atoms with Gasteiger partial charge in [0.05, 0.1) is 12.2 Å². The van der Waals surface area contributed by atoms with Crippen LogP contribution in [0.15, 0.2) is 29.3 Å². The van der Waals surface area contributed by atoms with Gasteiger partial charge in [0, 0.05) is 31.0 Å². The lowest BCUT2D eigenvalue weighted by Crippen LogP contribution is -2.34. The van der Waals surface area contributed by atoms with Crippen molar-refractivity contribution in [1.29, 1.82) is 0 Å². The van der Waals surface area contributed by atoms with Crippen LogP contribution in [0.4, 0.5) is 0 Å². The highest BCUT2D eigenvalue weighted by Crippen LogP contribution is 2.38. The first kappa shape index (κ1) is 14.2. The summed E-state index contributed by atoms with van der Waals surface area (Å²) in [5.74, 6) is 0.293. The van der Waals surface area contributed by atoms with E-state index >= 15 is 0 Å². The van der Waals surface area contributed by atoms with Crippen LogP contribution in [0.5, 0.6) is 0 Å². The number of carbonyl (C=O) groups excluding carboxylic acids is 1. The van der Waals surface area contributed by atoms with Crippen molar-refractivity contribution in [3.8, 4) is 0 Å². The van der Waals surface area contributed by atoms with Crippen LogP contribution in [0, 0.1) is 0 Å². The Morgan fingerprint density at radius 3 is 2.78 bits per heavy atom. The third kappa shape index (κ3) is 2.58. The third-order valence-corrected chi connectivity index (χ3v) is 4.80. The molecule has 23 heavy (non-hydrogen) atoms. The molecule has 0 aromatic carbocycles. The van der Waals surface area contributed by atoms with Crippen LogP contribution in [0.2, 0.25) is 0 Å². The number of likely N-dealkylation sites (tertiary alicyclic amines) is 1. The van der Waals surface area contributed by atoms with Crippen molar-refractivity contribution in [3.05, 3.63) is 51.7 Å². The molecular weight excluding hydrogens is 292 g/mol. The fourth-order valence-corrected chi connectivity index (χ4v) is 3.41. The lowest BCUT2D eigenvalue weighted by atomic mass is 10.1. The number of amides is 1. The molecule has 1 atom stereocenters. The van der Waals surface area contributed by atoms with Crippen LogP contribution < -0.4 is 5.56 Å². The van der Waals surface area contributed by atoms with Crippen molar-refractivity contribution >= 4 is 5.91 Å². The summed E-state index contributed by atoms with van der Waals surface area (Å²) < 4.78 is 1.74. The zero-order valence-electron chi connectivity index (χ0n) is 13.2. The van der Waals surface area contributed by atoms with Crippen LogP contribution in [0.3, 0.4) is 0 Å². The second-order valence-electron chi connectivity index (χ2n) is 6.53. The molecule has 3 heterocycles. The second kappa shape index (κ2) is 5.37. The molecule has 1 amide bonds. The van der Waals surface area contributed by atoms with Gasteiger partial charge >= 0.3 is 0 Å². The number of hydrogen-bond acceptors (Lipinski definition) is 3. The van der Waals surface area contributed by atoms with Gasteiger partial charge in [-0.1, -0.05) is 0 Å². The molecular formula is C17H20N4O2. The molecule has 6 nitrogen and oxygen atoms in total. The molecule has 1 aliphatic carbocycles. The van der Waals surface area contributed by atoms with Crippen LogP contribution in [0.1, 0.15) is 59.3 Å². The van der Waals surface area contributed by atoms with Gasteiger partial charge in [-0.15, -0.1) is 0 Å². The first-order valence-electron chi connectivity index (χ1n) is 8.16. The Bertz CT molecular complexity index is 803. The van der Waals surface area contributed by atoms with Crippen LogP contribution in [0.25, 0.3) is 0 Å². The number of nitrogens with zero attached hydrogens (tertiary/aromatic N) is 3. The van der Waals surface area contributed by atoms with Crippen molar-refractivity contribution in [2.45, 2.75) is 37.6 Å². The van der Waals surface area contributed by atoms with Gasteiger partial charge in [-0.3, -0.25) is 14.3 Å². The minimum atomic E-state index is -0.267. The normalized spacial score (nSPS) is 20.9. The van der Waals surface area contributed by atoms with Gasteiger partial charge in [0.25, 0.3) is 11.5 Å². The fraction of sp³-hybridized carbons (Fsp3) is 0.471. The van der Waals surface area contributed by atoms with Gasteiger partial charge in [0.15, 0.2) is 0 Å². The lowest BCUT2D eigenvalue weighted by molar-refractivity contribution is 0.0733. The number of aromatic nitrogens is 3. The minimum absolute atomic E-state index is 0.0127. The predicted molar refractivity (Wildman–Crippen MR) is 85.3 cm³/mol. The van der Waals surface area contributed by atoms with Crippen molar-refractivity contribution in [2.75, 3.05) is 6.54 Å². The van der Waals surface area contributed by atoms with Crippen LogP contribution in [-0.4, -0.2) is 32.1 Å².